The van der Waals surface area contributed by atoms with Gasteiger partial charge in [0, 0.05) is 25.7 Å². The molecule has 2 heterocycles. The van der Waals surface area contributed by atoms with Gasteiger partial charge in [-0.05, 0) is 31.4 Å². The van der Waals surface area contributed by atoms with Crippen LogP contribution in [0.4, 0.5) is 0 Å². The van der Waals surface area contributed by atoms with Crippen LogP contribution in [0.3, 0.4) is 0 Å². The molecule has 6 nitrogen and oxygen atoms in total. The van der Waals surface area contributed by atoms with Crippen LogP contribution in [0, 0.1) is 5.92 Å². The van der Waals surface area contributed by atoms with Crippen molar-refractivity contribution in [1.29, 1.82) is 0 Å². The summed E-state index contributed by atoms with van der Waals surface area (Å²) in [5.41, 5.74) is 0.745. The maximum absolute atomic E-state index is 5.37. The molecule has 21 heavy (non-hydrogen) atoms. The molecule has 0 amide bonds. The first-order valence-electron chi connectivity index (χ1n) is 7.64. The summed E-state index contributed by atoms with van der Waals surface area (Å²) in [7, 11) is 1.87. The van der Waals surface area contributed by atoms with Gasteiger partial charge in [-0.2, -0.15) is 10.1 Å². The van der Waals surface area contributed by atoms with E-state index in [1.165, 1.54) is 0 Å². The molecule has 1 N–H and O–H groups in total. The monoisotopic (exact) mass is 291 g/mol. The zero-order valence-corrected chi connectivity index (χ0v) is 13.3. The van der Waals surface area contributed by atoms with Gasteiger partial charge in [-0.25, -0.2) is 0 Å². The molecule has 6 heteroatoms. The molecule has 0 aliphatic heterocycles. The highest BCUT2D eigenvalue weighted by molar-refractivity contribution is 5.46. The van der Waals surface area contributed by atoms with E-state index in [4.69, 9.17) is 4.52 Å². The number of aryl methyl sites for hydroxylation is 1. The van der Waals surface area contributed by atoms with Gasteiger partial charge < -0.3 is 9.84 Å². The minimum Gasteiger partial charge on any atom is -0.339 e. The summed E-state index contributed by atoms with van der Waals surface area (Å²) in [6, 6.07) is 2.26. The van der Waals surface area contributed by atoms with Crippen molar-refractivity contribution in [1.82, 2.24) is 25.2 Å². The molecule has 1 unspecified atom stereocenters. The second-order valence-electron chi connectivity index (χ2n) is 5.87. The van der Waals surface area contributed by atoms with E-state index in [0.29, 0.717) is 23.7 Å². The van der Waals surface area contributed by atoms with Crippen LogP contribution in [0.5, 0.6) is 0 Å². The van der Waals surface area contributed by atoms with Crippen molar-refractivity contribution in [3.05, 3.63) is 18.2 Å². The minimum absolute atomic E-state index is 0.377. The van der Waals surface area contributed by atoms with Gasteiger partial charge in [0.05, 0.1) is 0 Å². The molecule has 0 fully saturated rings. The zero-order chi connectivity index (χ0) is 15.2. The maximum Gasteiger partial charge on any atom is 0.228 e. The fourth-order valence-corrected chi connectivity index (χ4v) is 2.34. The summed E-state index contributed by atoms with van der Waals surface area (Å²) in [6.45, 7) is 7.64. The predicted octanol–water partition coefficient (Wildman–Crippen LogP) is 2.43. The molecule has 116 valence electrons. The number of aromatic nitrogens is 4. The Morgan fingerprint density at radius 1 is 1.38 bits per heavy atom. The van der Waals surface area contributed by atoms with E-state index in [1.54, 1.807) is 4.68 Å². The van der Waals surface area contributed by atoms with Crippen LogP contribution in [0.25, 0.3) is 11.5 Å². The van der Waals surface area contributed by atoms with E-state index >= 15 is 0 Å². The van der Waals surface area contributed by atoms with Gasteiger partial charge in [0.2, 0.25) is 11.7 Å². The molecule has 1 atom stereocenters. The Labute approximate surface area is 125 Å². The highest BCUT2D eigenvalue weighted by Gasteiger charge is 2.17. The van der Waals surface area contributed by atoms with E-state index < -0.39 is 0 Å². The third kappa shape index (κ3) is 4.67. The van der Waals surface area contributed by atoms with E-state index in [9.17, 15) is 0 Å². The Hall–Kier alpha value is -1.69. The molecule has 2 aromatic heterocycles. The van der Waals surface area contributed by atoms with Crippen molar-refractivity contribution in [3.63, 3.8) is 0 Å². The van der Waals surface area contributed by atoms with E-state index in [-0.39, 0.29) is 0 Å². The average Bonchev–Trinajstić information content (AvgIpc) is 3.04. The molecule has 0 spiro atoms. The van der Waals surface area contributed by atoms with Crippen molar-refractivity contribution >= 4 is 0 Å². The van der Waals surface area contributed by atoms with Crippen molar-refractivity contribution in [3.8, 4) is 11.5 Å². The fraction of sp³-hybridized carbons (Fsp3) is 0.667. The maximum atomic E-state index is 5.37. The smallest absolute Gasteiger partial charge is 0.228 e. The molecule has 0 saturated heterocycles. The van der Waals surface area contributed by atoms with Gasteiger partial charge >= 0.3 is 0 Å². The number of rotatable bonds is 8. The zero-order valence-electron chi connectivity index (χ0n) is 13.3. The fourth-order valence-electron chi connectivity index (χ4n) is 2.34. The molecule has 0 aromatic carbocycles. The largest absolute Gasteiger partial charge is 0.339 e. The van der Waals surface area contributed by atoms with Crippen LogP contribution < -0.4 is 5.32 Å². The Kier molecular flexibility index (Phi) is 5.50. The normalized spacial score (nSPS) is 13.0. The van der Waals surface area contributed by atoms with Crippen LogP contribution in [0.15, 0.2) is 16.8 Å². The molecular formula is C15H25N5O. The number of hydrogen-bond acceptors (Lipinski definition) is 5. The van der Waals surface area contributed by atoms with Crippen LogP contribution >= 0.6 is 0 Å². The van der Waals surface area contributed by atoms with Crippen molar-refractivity contribution in [2.45, 2.75) is 46.1 Å². The van der Waals surface area contributed by atoms with Crippen molar-refractivity contribution in [2.24, 2.45) is 13.0 Å². The van der Waals surface area contributed by atoms with Gasteiger partial charge in [-0.1, -0.05) is 25.9 Å². The highest BCUT2D eigenvalue weighted by Crippen LogP contribution is 2.15. The molecule has 0 aliphatic carbocycles. The predicted molar refractivity (Wildman–Crippen MR) is 81.7 cm³/mol. The lowest BCUT2D eigenvalue weighted by molar-refractivity contribution is 0.338. The third-order valence-electron chi connectivity index (χ3n) is 3.27. The molecule has 0 aliphatic rings. The summed E-state index contributed by atoms with van der Waals surface area (Å²) in [6.07, 6.45) is 4.85. The van der Waals surface area contributed by atoms with Crippen molar-refractivity contribution < 1.29 is 4.52 Å². The number of hydrogen-bond donors (Lipinski definition) is 1. The Morgan fingerprint density at radius 2 is 2.19 bits per heavy atom. The number of nitrogens with zero attached hydrogens (tertiary/aromatic N) is 4. The topological polar surface area (TPSA) is 68.8 Å². The first-order valence-corrected chi connectivity index (χ1v) is 7.64. The van der Waals surface area contributed by atoms with E-state index in [1.807, 2.05) is 19.3 Å². The van der Waals surface area contributed by atoms with Gasteiger partial charge in [0.25, 0.3) is 0 Å². The first kappa shape index (κ1) is 15.7. The third-order valence-corrected chi connectivity index (χ3v) is 3.27. The lowest BCUT2D eigenvalue weighted by Gasteiger charge is -2.18. The van der Waals surface area contributed by atoms with Crippen LogP contribution in [-0.2, 0) is 13.5 Å². The Morgan fingerprint density at radius 3 is 2.81 bits per heavy atom. The second kappa shape index (κ2) is 7.36. The molecule has 0 saturated carbocycles. The van der Waals surface area contributed by atoms with Crippen LogP contribution in [0.2, 0.25) is 0 Å². The Balaban J connectivity index is 2.01. The number of nitrogens with one attached hydrogen (secondary N) is 1. The average molecular weight is 291 g/mol. The summed E-state index contributed by atoms with van der Waals surface area (Å²) >= 11 is 0. The highest BCUT2D eigenvalue weighted by atomic mass is 16.5. The minimum atomic E-state index is 0.377. The molecule has 2 aromatic rings. The van der Waals surface area contributed by atoms with Gasteiger partial charge in [0.1, 0.15) is 5.69 Å². The van der Waals surface area contributed by atoms with Crippen LogP contribution in [-0.4, -0.2) is 32.5 Å². The summed E-state index contributed by atoms with van der Waals surface area (Å²) in [5.74, 6) is 1.87. The molecule has 0 bridgehead atoms. The lowest BCUT2D eigenvalue weighted by atomic mass is 10.0. The van der Waals surface area contributed by atoms with E-state index in [0.717, 1.165) is 31.5 Å². The molecule has 2 rings (SSSR count). The standard InChI is InChI=1S/C15H25N5O/c1-5-7-16-12(9-11(2)3)10-14-17-15(19-21-14)13-6-8-20(4)18-13/h6,8,11-12,16H,5,7,9-10H2,1-4H3. The quantitative estimate of drug-likeness (QED) is 0.809. The molecular weight excluding hydrogens is 266 g/mol. The van der Waals surface area contributed by atoms with Gasteiger partial charge in [0.15, 0.2) is 0 Å². The summed E-state index contributed by atoms with van der Waals surface area (Å²) < 4.78 is 7.10. The van der Waals surface area contributed by atoms with E-state index in [2.05, 4.69) is 41.3 Å². The van der Waals surface area contributed by atoms with Gasteiger partial charge in [-0.15, -0.1) is 0 Å². The van der Waals surface area contributed by atoms with Crippen LogP contribution in [0.1, 0.15) is 39.5 Å². The first-order chi connectivity index (χ1) is 10.1. The Bertz CT molecular complexity index is 546. The molecule has 0 radical (unpaired) electrons. The van der Waals surface area contributed by atoms with Crippen molar-refractivity contribution in [2.75, 3.05) is 6.54 Å². The summed E-state index contributed by atoms with van der Waals surface area (Å²) in [5, 5.41) is 11.9. The second-order valence-corrected chi connectivity index (χ2v) is 5.87. The SMILES string of the molecule is CCCNC(Cc1nc(-c2ccn(C)n2)no1)CC(C)C. The van der Waals surface area contributed by atoms with Gasteiger partial charge in [-0.3, -0.25) is 4.68 Å². The summed E-state index contributed by atoms with van der Waals surface area (Å²) in [4.78, 5) is 4.46. The lowest BCUT2D eigenvalue weighted by Crippen LogP contribution is -2.33.